The van der Waals surface area contributed by atoms with E-state index in [1.807, 2.05) is 48.5 Å². The van der Waals surface area contributed by atoms with Crippen molar-refractivity contribution in [1.29, 1.82) is 0 Å². The Labute approximate surface area is 210 Å². The molecule has 8 nitrogen and oxygen atoms in total. The first-order chi connectivity index (χ1) is 17.7. The van der Waals surface area contributed by atoms with E-state index in [1.54, 1.807) is 24.3 Å². The zero-order chi connectivity index (χ0) is 24.7. The minimum Gasteiger partial charge on any atom is -0.458 e. The summed E-state index contributed by atoms with van der Waals surface area (Å²) in [6.07, 6.45) is -1.05. The van der Waals surface area contributed by atoms with Crippen molar-refractivity contribution in [3.05, 3.63) is 90.5 Å². The second-order valence-corrected chi connectivity index (χ2v) is 8.83. The van der Waals surface area contributed by atoms with Crippen molar-refractivity contribution in [2.45, 2.75) is 12.1 Å². The molecule has 0 saturated carbocycles. The van der Waals surface area contributed by atoms with E-state index in [4.69, 9.17) is 14.2 Å². The van der Waals surface area contributed by atoms with Gasteiger partial charge < -0.3 is 24.4 Å². The van der Waals surface area contributed by atoms with Crippen LogP contribution in [0.2, 0.25) is 0 Å². The molecule has 1 amide bonds. The van der Waals surface area contributed by atoms with Crippen molar-refractivity contribution in [3.8, 4) is 11.5 Å². The highest BCUT2D eigenvalue weighted by Gasteiger charge is 2.37. The first-order valence-electron chi connectivity index (χ1n) is 12.1. The van der Waals surface area contributed by atoms with Crippen molar-refractivity contribution >= 4 is 17.7 Å². The number of anilines is 1. The lowest BCUT2D eigenvalue weighted by Crippen LogP contribution is -2.52. The number of cyclic esters (lactones) is 1. The van der Waals surface area contributed by atoms with E-state index in [0.29, 0.717) is 23.6 Å². The summed E-state index contributed by atoms with van der Waals surface area (Å²) in [6, 6.07) is 26.3. The second-order valence-electron chi connectivity index (χ2n) is 8.83. The Balaban J connectivity index is 1.15. The third-order valence-electron chi connectivity index (χ3n) is 6.42. The molecule has 1 N–H and O–H groups in total. The summed E-state index contributed by atoms with van der Waals surface area (Å²) in [6.45, 7) is 4.15. The standard InChI is InChI=1S/C28H29N3O5/c32-27(23-13-7-8-14-25(23)35-22-11-5-2-6-12-22)34-20-26-24(29-28(33)36-26)19-30-15-17-31(18-16-30)21-9-3-1-4-10-21/h1-14,24,26H,15-20H2,(H,29,33)/t24-,26-/m1/s1. The number of hydrogen-bond donors (Lipinski definition) is 1. The SMILES string of the molecule is O=C1N[C@H](CN2CCN(c3ccccc3)CC2)[C@@H](COC(=O)c2ccccc2Oc2ccccc2)O1. The molecule has 0 radical (unpaired) electrons. The van der Waals surface area contributed by atoms with Crippen LogP contribution in [-0.4, -0.2) is 68.4 Å². The Morgan fingerprint density at radius 3 is 2.31 bits per heavy atom. The first-order valence-corrected chi connectivity index (χ1v) is 12.1. The maximum Gasteiger partial charge on any atom is 0.408 e. The highest BCUT2D eigenvalue weighted by atomic mass is 16.6. The lowest BCUT2D eigenvalue weighted by Gasteiger charge is -2.37. The fourth-order valence-electron chi connectivity index (χ4n) is 4.49. The topological polar surface area (TPSA) is 80.3 Å². The molecule has 2 atom stereocenters. The number of amides is 1. The monoisotopic (exact) mass is 487 g/mol. The Hall–Kier alpha value is -4.04. The van der Waals surface area contributed by atoms with Gasteiger partial charge in [0.2, 0.25) is 0 Å². The third-order valence-corrected chi connectivity index (χ3v) is 6.42. The molecule has 0 unspecified atom stereocenters. The van der Waals surface area contributed by atoms with E-state index in [2.05, 4.69) is 27.2 Å². The number of carbonyl (C=O) groups excluding carboxylic acids is 2. The summed E-state index contributed by atoms with van der Waals surface area (Å²) in [5.41, 5.74) is 1.53. The van der Waals surface area contributed by atoms with Crippen LogP contribution >= 0.6 is 0 Å². The summed E-state index contributed by atoms with van der Waals surface area (Å²) in [4.78, 5) is 29.5. The van der Waals surface area contributed by atoms with Crippen LogP contribution in [0.25, 0.3) is 0 Å². The summed E-state index contributed by atoms with van der Waals surface area (Å²) in [5.74, 6) is 0.502. The molecule has 0 spiro atoms. The third kappa shape index (κ3) is 5.78. The van der Waals surface area contributed by atoms with Crippen LogP contribution < -0.4 is 15.0 Å². The smallest absolute Gasteiger partial charge is 0.408 e. The Morgan fingerprint density at radius 1 is 0.889 bits per heavy atom. The Bertz CT molecular complexity index is 1170. The normalized spacial score (nSPS) is 19.9. The summed E-state index contributed by atoms with van der Waals surface area (Å²) in [7, 11) is 0. The minimum absolute atomic E-state index is 0.0358. The van der Waals surface area contributed by atoms with Gasteiger partial charge in [0.25, 0.3) is 0 Å². The van der Waals surface area contributed by atoms with Gasteiger partial charge in [-0.1, -0.05) is 48.5 Å². The van der Waals surface area contributed by atoms with Crippen molar-refractivity contribution in [3.63, 3.8) is 0 Å². The molecule has 0 aliphatic carbocycles. The first kappa shape index (κ1) is 23.7. The molecule has 36 heavy (non-hydrogen) atoms. The average molecular weight is 488 g/mol. The molecule has 2 saturated heterocycles. The van der Waals surface area contributed by atoms with Crippen molar-refractivity contribution in [2.75, 3.05) is 44.2 Å². The second kappa shape index (κ2) is 11.1. The largest absolute Gasteiger partial charge is 0.458 e. The van der Waals surface area contributed by atoms with Crippen LogP contribution in [0.5, 0.6) is 11.5 Å². The number of hydrogen-bond acceptors (Lipinski definition) is 7. The zero-order valence-electron chi connectivity index (χ0n) is 19.9. The molecule has 8 heteroatoms. The van der Waals surface area contributed by atoms with Gasteiger partial charge in [0.05, 0.1) is 6.04 Å². The lowest BCUT2D eigenvalue weighted by molar-refractivity contribution is 0.0226. The zero-order valence-corrected chi connectivity index (χ0v) is 19.9. The van der Waals surface area contributed by atoms with Crippen LogP contribution in [0.3, 0.4) is 0 Å². The van der Waals surface area contributed by atoms with Crippen molar-refractivity contribution in [2.24, 2.45) is 0 Å². The van der Waals surface area contributed by atoms with Gasteiger partial charge in [-0.05, 0) is 36.4 Å². The molecule has 3 aromatic rings. The van der Waals surface area contributed by atoms with Crippen molar-refractivity contribution < 1.29 is 23.8 Å². The average Bonchev–Trinajstić information content (AvgIpc) is 3.27. The number of carbonyl (C=O) groups is 2. The van der Waals surface area contributed by atoms with Gasteiger partial charge in [0.1, 0.15) is 23.7 Å². The molecule has 2 aliphatic rings. The number of benzene rings is 3. The van der Waals surface area contributed by atoms with Crippen LogP contribution in [0.1, 0.15) is 10.4 Å². The van der Waals surface area contributed by atoms with Gasteiger partial charge in [-0.15, -0.1) is 0 Å². The maximum atomic E-state index is 12.9. The lowest BCUT2D eigenvalue weighted by atomic mass is 10.1. The van der Waals surface area contributed by atoms with Crippen LogP contribution in [0.15, 0.2) is 84.9 Å². The van der Waals surface area contributed by atoms with E-state index >= 15 is 0 Å². The predicted molar refractivity (Wildman–Crippen MR) is 136 cm³/mol. The van der Waals surface area contributed by atoms with E-state index < -0.39 is 18.2 Å². The number of piperazine rings is 1. The molecule has 0 bridgehead atoms. The Kier molecular flexibility index (Phi) is 7.33. The summed E-state index contributed by atoms with van der Waals surface area (Å²) >= 11 is 0. The molecule has 5 rings (SSSR count). The highest BCUT2D eigenvalue weighted by molar-refractivity contribution is 5.92. The number of ether oxygens (including phenoxy) is 3. The molecule has 3 aromatic carbocycles. The molecule has 2 fully saturated rings. The van der Waals surface area contributed by atoms with Gasteiger partial charge in [0.15, 0.2) is 6.10 Å². The molecule has 186 valence electrons. The molecular weight excluding hydrogens is 458 g/mol. The predicted octanol–water partition coefficient (Wildman–Crippen LogP) is 3.93. The van der Waals surface area contributed by atoms with Gasteiger partial charge >= 0.3 is 12.1 Å². The highest BCUT2D eigenvalue weighted by Crippen LogP contribution is 2.26. The number of esters is 1. The van der Waals surface area contributed by atoms with Crippen LogP contribution in [0.4, 0.5) is 10.5 Å². The van der Waals surface area contributed by atoms with E-state index in [9.17, 15) is 9.59 Å². The number of alkyl carbamates (subject to hydrolysis) is 1. The van der Waals surface area contributed by atoms with E-state index in [0.717, 1.165) is 26.2 Å². The van der Waals surface area contributed by atoms with Crippen LogP contribution in [-0.2, 0) is 9.47 Å². The number of rotatable bonds is 8. The molecule has 2 aliphatic heterocycles. The number of para-hydroxylation sites is 3. The van der Waals surface area contributed by atoms with E-state index in [1.165, 1.54) is 5.69 Å². The molecule has 0 aromatic heterocycles. The van der Waals surface area contributed by atoms with E-state index in [-0.39, 0.29) is 12.6 Å². The summed E-state index contributed by atoms with van der Waals surface area (Å²) < 4.78 is 16.9. The van der Waals surface area contributed by atoms with Gasteiger partial charge in [-0.3, -0.25) is 4.90 Å². The molecular formula is C28H29N3O5. The van der Waals surface area contributed by atoms with Gasteiger partial charge in [-0.2, -0.15) is 0 Å². The number of nitrogens with one attached hydrogen (secondary N) is 1. The van der Waals surface area contributed by atoms with Gasteiger partial charge in [-0.25, -0.2) is 9.59 Å². The van der Waals surface area contributed by atoms with Crippen molar-refractivity contribution in [1.82, 2.24) is 10.2 Å². The fourth-order valence-corrected chi connectivity index (χ4v) is 4.49. The molecule has 2 heterocycles. The Morgan fingerprint density at radius 2 is 1.56 bits per heavy atom. The number of nitrogens with zero attached hydrogens (tertiary/aromatic N) is 2. The quantitative estimate of drug-likeness (QED) is 0.482. The fraction of sp³-hybridized carbons (Fsp3) is 0.286. The summed E-state index contributed by atoms with van der Waals surface area (Å²) in [5, 5.41) is 2.87. The maximum absolute atomic E-state index is 12.9. The van der Waals surface area contributed by atoms with Gasteiger partial charge in [0, 0.05) is 38.4 Å². The van der Waals surface area contributed by atoms with Crippen LogP contribution in [0, 0.1) is 0 Å². The minimum atomic E-state index is -0.559.